The molecule has 0 aromatic rings. The Morgan fingerprint density at radius 1 is 0.978 bits per heavy atom. The first kappa shape index (κ1) is 33.2. The molecule has 3 saturated heterocycles. The molecule has 11 heteroatoms. The first-order chi connectivity index (χ1) is 21.8. The molecule has 18 unspecified atom stereocenters. The molecule has 3 heterocycles. The van der Waals surface area contributed by atoms with E-state index in [2.05, 4.69) is 19.9 Å². The van der Waals surface area contributed by atoms with Crippen LogP contribution in [-0.2, 0) is 38.0 Å². The largest absolute Gasteiger partial charge is 0.394 e. The summed E-state index contributed by atoms with van der Waals surface area (Å²) in [5.41, 5.74) is 0.509. The van der Waals surface area contributed by atoms with Gasteiger partial charge in [-0.2, -0.15) is 0 Å². The smallest absolute Gasteiger partial charge is 0.184 e. The SMILES string of the molecule is COC1CC(OC2CCC3(C)C(=CCC4C3C(=O)C3OC(C)C5CC(=O)C4C35C)C2)OC(C)C1OC1OC(CO)C(O)C(C)C1O. The lowest BCUT2D eigenvalue weighted by atomic mass is 9.46. The van der Waals surface area contributed by atoms with Crippen molar-refractivity contribution in [3.63, 3.8) is 0 Å². The number of carbonyl (C=O) groups is 2. The Hall–Kier alpha value is -1.28. The van der Waals surface area contributed by atoms with Crippen molar-refractivity contribution in [2.45, 2.75) is 141 Å². The Labute approximate surface area is 271 Å². The van der Waals surface area contributed by atoms with E-state index in [1.54, 1.807) is 14.0 Å². The van der Waals surface area contributed by atoms with E-state index in [-0.39, 0.29) is 47.1 Å². The maximum atomic E-state index is 14.3. The molecule has 3 aliphatic heterocycles. The van der Waals surface area contributed by atoms with E-state index in [1.165, 1.54) is 5.57 Å². The van der Waals surface area contributed by atoms with Crippen molar-refractivity contribution >= 4 is 11.6 Å². The van der Waals surface area contributed by atoms with Gasteiger partial charge >= 0.3 is 0 Å². The van der Waals surface area contributed by atoms with Crippen molar-refractivity contribution in [3.8, 4) is 0 Å². The molecule has 46 heavy (non-hydrogen) atoms. The average molecular weight is 649 g/mol. The number of hydrogen-bond donors (Lipinski definition) is 3. The van der Waals surface area contributed by atoms with Crippen LogP contribution in [0.3, 0.4) is 0 Å². The van der Waals surface area contributed by atoms with Crippen LogP contribution in [0.25, 0.3) is 0 Å². The van der Waals surface area contributed by atoms with Gasteiger partial charge in [0.1, 0.15) is 30.2 Å². The summed E-state index contributed by atoms with van der Waals surface area (Å²) in [6, 6.07) is 0. The first-order valence-corrected chi connectivity index (χ1v) is 17.4. The highest BCUT2D eigenvalue weighted by Gasteiger charge is 2.72. The van der Waals surface area contributed by atoms with Crippen LogP contribution in [-0.4, -0.2) is 108 Å². The fraction of sp³-hybridized carbons (Fsp3) is 0.886. The Bertz CT molecular complexity index is 1240. The summed E-state index contributed by atoms with van der Waals surface area (Å²) in [7, 11) is 1.60. The zero-order valence-corrected chi connectivity index (χ0v) is 27.9. The molecule has 0 amide bonds. The minimum Gasteiger partial charge on any atom is -0.394 e. The van der Waals surface area contributed by atoms with Crippen LogP contribution < -0.4 is 0 Å². The van der Waals surface area contributed by atoms with Gasteiger partial charge < -0.3 is 43.7 Å². The Morgan fingerprint density at radius 2 is 1.74 bits per heavy atom. The summed E-state index contributed by atoms with van der Waals surface area (Å²) in [6.45, 7) is 9.55. The highest BCUT2D eigenvalue weighted by molar-refractivity contribution is 5.96. The van der Waals surface area contributed by atoms with Crippen LogP contribution in [0, 0.1) is 40.4 Å². The first-order valence-electron chi connectivity index (χ1n) is 17.4. The summed E-state index contributed by atoms with van der Waals surface area (Å²) in [6.07, 6.45) is -0.428. The van der Waals surface area contributed by atoms with Crippen LogP contribution in [0.2, 0.25) is 0 Å². The third kappa shape index (κ3) is 4.86. The lowest BCUT2D eigenvalue weighted by Crippen LogP contribution is -2.61. The predicted molar refractivity (Wildman–Crippen MR) is 162 cm³/mol. The van der Waals surface area contributed by atoms with E-state index in [9.17, 15) is 24.9 Å². The van der Waals surface area contributed by atoms with Gasteiger partial charge in [-0.25, -0.2) is 0 Å². The number of Topliss-reactive ketones (excluding diaryl/α,β-unsaturated/α-hetero) is 2. The van der Waals surface area contributed by atoms with Crippen LogP contribution >= 0.6 is 0 Å². The molecule has 0 radical (unpaired) electrons. The van der Waals surface area contributed by atoms with Crippen molar-refractivity contribution in [3.05, 3.63) is 11.6 Å². The topological polar surface area (TPSA) is 150 Å². The highest BCUT2D eigenvalue weighted by atomic mass is 16.7. The van der Waals surface area contributed by atoms with Gasteiger partial charge in [-0.3, -0.25) is 9.59 Å². The third-order valence-electron chi connectivity index (χ3n) is 13.4. The molecule has 4 aliphatic carbocycles. The summed E-state index contributed by atoms with van der Waals surface area (Å²) < 4.78 is 36.9. The number of carbonyl (C=O) groups excluding carboxylic acids is 2. The minimum absolute atomic E-state index is 0.0267. The fourth-order valence-corrected chi connectivity index (χ4v) is 10.9. The highest BCUT2D eigenvalue weighted by Crippen LogP contribution is 2.67. The second kappa shape index (κ2) is 11.9. The molecule has 7 rings (SSSR count). The summed E-state index contributed by atoms with van der Waals surface area (Å²) in [5, 5.41) is 30.7. The second-order valence-electron chi connectivity index (χ2n) is 15.7. The monoisotopic (exact) mass is 648 g/mol. The van der Waals surface area contributed by atoms with Crippen molar-refractivity contribution in [2.75, 3.05) is 13.7 Å². The van der Waals surface area contributed by atoms with Gasteiger partial charge in [0.05, 0.1) is 37.1 Å². The molecule has 7 aliphatic rings. The number of aliphatic hydroxyl groups is 3. The molecule has 0 spiro atoms. The quantitative estimate of drug-likeness (QED) is 0.364. The maximum Gasteiger partial charge on any atom is 0.184 e. The number of aliphatic hydroxyl groups excluding tert-OH is 3. The van der Waals surface area contributed by atoms with Gasteiger partial charge in [-0.15, -0.1) is 0 Å². The fourth-order valence-electron chi connectivity index (χ4n) is 10.9. The molecule has 18 atom stereocenters. The number of methoxy groups -OCH3 is 1. The van der Waals surface area contributed by atoms with Gasteiger partial charge in [0.25, 0.3) is 0 Å². The van der Waals surface area contributed by atoms with E-state index >= 15 is 0 Å². The van der Waals surface area contributed by atoms with Gasteiger partial charge in [-0.05, 0) is 50.9 Å². The van der Waals surface area contributed by atoms with Crippen molar-refractivity contribution < 1.29 is 53.3 Å². The number of rotatable bonds is 6. The number of fused-ring (bicyclic) bond motifs is 4. The predicted octanol–water partition coefficient (Wildman–Crippen LogP) is 2.32. The van der Waals surface area contributed by atoms with Crippen LogP contribution in [0.4, 0.5) is 0 Å². The average Bonchev–Trinajstić information content (AvgIpc) is 3.44. The zero-order chi connectivity index (χ0) is 32.9. The van der Waals surface area contributed by atoms with Gasteiger partial charge in [0.2, 0.25) is 0 Å². The van der Waals surface area contributed by atoms with Gasteiger partial charge in [0, 0.05) is 49.0 Å². The Balaban J connectivity index is 1.02. The third-order valence-corrected chi connectivity index (χ3v) is 13.4. The van der Waals surface area contributed by atoms with Gasteiger partial charge in [0.15, 0.2) is 18.4 Å². The zero-order valence-electron chi connectivity index (χ0n) is 27.9. The summed E-state index contributed by atoms with van der Waals surface area (Å²) >= 11 is 0. The lowest BCUT2D eigenvalue weighted by molar-refractivity contribution is -0.338. The van der Waals surface area contributed by atoms with Crippen LogP contribution in [0.1, 0.15) is 73.1 Å². The molecule has 0 aromatic heterocycles. The molecule has 3 saturated carbocycles. The van der Waals surface area contributed by atoms with E-state index < -0.39 is 73.2 Å². The van der Waals surface area contributed by atoms with E-state index in [1.807, 2.05) is 13.8 Å². The summed E-state index contributed by atoms with van der Waals surface area (Å²) in [5.74, 6) is -0.240. The van der Waals surface area contributed by atoms with Gasteiger partial charge in [-0.1, -0.05) is 32.4 Å². The molecule has 0 aromatic carbocycles. The number of hydrogen-bond acceptors (Lipinski definition) is 11. The van der Waals surface area contributed by atoms with Crippen molar-refractivity contribution in [1.82, 2.24) is 0 Å². The molecule has 6 fully saturated rings. The molecule has 258 valence electrons. The molecule has 3 N–H and O–H groups in total. The number of ketones is 2. The normalized spacial score (nSPS) is 55.0. The summed E-state index contributed by atoms with van der Waals surface area (Å²) in [4.78, 5) is 27.7. The van der Waals surface area contributed by atoms with Crippen molar-refractivity contribution in [2.24, 2.45) is 40.4 Å². The maximum absolute atomic E-state index is 14.3. The molecular formula is C35H52O11. The molecule has 0 bridgehead atoms. The minimum atomic E-state index is -1.09. The van der Waals surface area contributed by atoms with E-state index in [4.69, 9.17) is 28.4 Å². The number of ether oxygens (including phenoxy) is 6. The Kier molecular flexibility index (Phi) is 8.63. The lowest BCUT2D eigenvalue weighted by Gasteiger charge is -2.57. The standard InChI is InChI=1S/C35H52O11/c1-15-28(38)24(14-36)45-33(29(15)39)46-31-17(3)42-25(13-23(31)41-6)44-19-9-10-34(4)18(11-19)7-8-20-26-22(37)12-21-16(2)43-32(35(21,26)5)30(40)27(20)34/h7,15-17,19-21,23-29,31-33,36,38-39H,8-14H2,1-6H3. The Morgan fingerprint density at radius 3 is 2.46 bits per heavy atom. The van der Waals surface area contributed by atoms with Crippen LogP contribution in [0.5, 0.6) is 0 Å². The van der Waals surface area contributed by atoms with Crippen LogP contribution in [0.15, 0.2) is 11.6 Å². The number of allylic oxidation sites excluding steroid dienone is 1. The van der Waals surface area contributed by atoms with Crippen molar-refractivity contribution in [1.29, 1.82) is 0 Å². The molecule has 11 nitrogen and oxygen atoms in total. The second-order valence-corrected chi connectivity index (χ2v) is 15.7. The van der Waals surface area contributed by atoms with E-state index in [0.29, 0.717) is 25.0 Å². The van der Waals surface area contributed by atoms with E-state index in [0.717, 1.165) is 19.3 Å². The molecular weight excluding hydrogens is 596 g/mol.